The van der Waals surface area contributed by atoms with Crippen LogP contribution in [-0.2, 0) is 0 Å². The number of hydrogen-bond acceptors (Lipinski definition) is 2. The molecule has 12 heavy (non-hydrogen) atoms. The Labute approximate surface area is 75.9 Å². The first-order valence-corrected chi connectivity index (χ1v) is 3.82. The first-order chi connectivity index (χ1) is 5.63. The fourth-order valence-electron chi connectivity index (χ4n) is 0.888. The van der Waals surface area contributed by atoms with E-state index in [1.54, 1.807) is 13.0 Å². The number of allylic oxidation sites excluding steroid dienone is 1. The summed E-state index contributed by atoms with van der Waals surface area (Å²) in [6, 6.07) is 3.20. The summed E-state index contributed by atoms with van der Waals surface area (Å²) in [7, 11) is 0. The van der Waals surface area contributed by atoms with Crippen LogP contribution in [0.2, 0.25) is 5.15 Å². The maximum Gasteiger partial charge on any atom is 0.185 e. The van der Waals surface area contributed by atoms with Gasteiger partial charge in [-0.15, -0.1) is 0 Å². The van der Waals surface area contributed by atoms with Crippen LogP contribution in [0.5, 0.6) is 0 Å². The van der Waals surface area contributed by atoms with Crippen molar-refractivity contribution in [2.75, 3.05) is 0 Å². The Morgan fingerprint density at radius 2 is 2.33 bits per heavy atom. The summed E-state index contributed by atoms with van der Waals surface area (Å²) in [5.74, 6) is -0.137. The third-order valence-electron chi connectivity index (χ3n) is 1.39. The van der Waals surface area contributed by atoms with Crippen LogP contribution >= 0.6 is 11.6 Å². The van der Waals surface area contributed by atoms with Gasteiger partial charge in [0.1, 0.15) is 5.15 Å². The van der Waals surface area contributed by atoms with Gasteiger partial charge in [0, 0.05) is 11.3 Å². The number of aromatic nitrogens is 1. The summed E-state index contributed by atoms with van der Waals surface area (Å²) in [5.41, 5.74) is 1.26. The van der Waals surface area contributed by atoms with Gasteiger partial charge in [-0.05, 0) is 25.1 Å². The normalized spacial score (nSPS) is 9.50. The lowest BCUT2D eigenvalue weighted by molar-refractivity contribution is 0.104. The van der Waals surface area contributed by atoms with Crippen LogP contribution in [-0.4, -0.2) is 10.8 Å². The molecule has 0 aliphatic heterocycles. The monoisotopic (exact) mass is 181 g/mol. The van der Waals surface area contributed by atoms with Crippen molar-refractivity contribution in [1.82, 2.24) is 4.98 Å². The molecule has 1 heterocycles. The van der Waals surface area contributed by atoms with Crippen molar-refractivity contribution in [3.05, 3.63) is 41.2 Å². The molecule has 0 unspecified atom stereocenters. The molecule has 0 saturated heterocycles. The van der Waals surface area contributed by atoms with Gasteiger partial charge in [-0.2, -0.15) is 0 Å². The fraction of sp³-hybridized carbons (Fsp3) is 0.111. The van der Waals surface area contributed by atoms with E-state index in [0.717, 1.165) is 5.69 Å². The highest BCUT2D eigenvalue weighted by molar-refractivity contribution is 6.29. The Balaban J connectivity index is 3.17. The van der Waals surface area contributed by atoms with Gasteiger partial charge in [0.15, 0.2) is 5.78 Å². The minimum atomic E-state index is -0.137. The van der Waals surface area contributed by atoms with Crippen LogP contribution in [0.1, 0.15) is 16.1 Å². The van der Waals surface area contributed by atoms with Gasteiger partial charge in [0.05, 0.1) is 0 Å². The lowest BCUT2D eigenvalue weighted by atomic mass is 10.1. The number of hydrogen-bond donors (Lipinski definition) is 0. The first kappa shape index (κ1) is 8.94. The smallest absolute Gasteiger partial charge is 0.185 e. The zero-order chi connectivity index (χ0) is 9.14. The van der Waals surface area contributed by atoms with E-state index < -0.39 is 0 Å². The maximum atomic E-state index is 11.1. The van der Waals surface area contributed by atoms with Gasteiger partial charge in [0.2, 0.25) is 0 Å². The highest BCUT2D eigenvalue weighted by Crippen LogP contribution is 2.10. The fourth-order valence-corrected chi connectivity index (χ4v) is 1.14. The number of aryl methyl sites for hydroxylation is 1. The summed E-state index contributed by atoms with van der Waals surface area (Å²) in [4.78, 5) is 15.0. The second-order valence-electron chi connectivity index (χ2n) is 2.39. The van der Waals surface area contributed by atoms with Crippen molar-refractivity contribution >= 4 is 17.4 Å². The van der Waals surface area contributed by atoms with Crippen molar-refractivity contribution < 1.29 is 4.79 Å². The summed E-state index contributed by atoms with van der Waals surface area (Å²) in [6.45, 7) is 5.17. The summed E-state index contributed by atoms with van der Waals surface area (Å²) in [6.07, 6.45) is 1.26. The Hall–Kier alpha value is -1.15. The molecule has 3 heteroatoms. The van der Waals surface area contributed by atoms with E-state index in [4.69, 9.17) is 11.6 Å². The summed E-state index contributed by atoms with van der Waals surface area (Å²) < 4.78 is 0. The lowest BCUT2D eigenvalue weighted by Crippen LogP contribution is -1.95. The molecule has 0 N–H and O–H groups in total. The lowest BCUT2D eigenvalue weighted by Gasteiger charge is -1.98. The minimum Gasteiger partial charge on any atom is -0.289 e. The van der Waals surface area contributed by atoms with Gasteiger partial charge in [-0.1, -0.05) is 18.2 Å². The van der Waals surface area contributed by atoms with Gasteiger partial charge >= 0.3 is 0 Å². The highest BCUT2D eigenvalue weighted by Gasteiger charge is 2.03. The Morgan fingerprint density at radius 1 is 1.67 bits per heavy atom. The van der Waals surface area contributed by atoms with Gasteiger partial charge in [-0.3, -0.25) is 4.79 Å². The molecule has 0 aromatic carbocycles. The average Bonchev–Trinajstić information content (AvgIpc) is 2.01. The van der Waals surface area contributed by atoms with Crippen molar-refractivity contribution in [2.45, 2.75) is 6.92 Å². The summed E-state index contributed by atoms with van der Waals surface area (Å²) >= 11 is 5.65. The number of ketones is 1. The Bertz CT molecular complexity index is 313. The van der Waals surface area contributed by atoms with Crippen LogP contribution in [0.25, 0.3) is 0 Å². The highest BCUT2D eigenvalue weighted by atomic mass is 35.5. The van der Waals surface area contributed by atoms with Crippen LogP contribution < -0.4 is 0 Å². The quantitative estimate of drug-likeness (QED) is 0.399. The topological polar surface area (TPSA) is 30.0 Å². The van der Waals surface area contributed by atoms with Crippen LogP contribution in [0.4, 0.5) is 0 Å². The van der Waals surface area contributed by atoms with Crippen LogP contribution in [0, 0.1) is 6.92 Å². The van der Waals surface area contributed by atoms with E-state index in [1.807, 2.05) is 0 Å². The maximum absolute atomic E-state index is 11.1. The second-order valence-corrected chi connectivity index (χ2v) is 2.78. The minimum absolute atomic E-state index is 0.137. The van der Waals surface area contributed by atoms with Crippen molar-refractivity contribution in [3.63, 3.8) is 0 Å². The van der Waals surface area contributed by atoms with E-state index in [2.05, 4.69) is 11.6 Å². The standard InChI is InChI=1S/C9H8ClNO/c1-3-8(12)7-4-6(2)11-9(10)5-7/h3-5H,1H2,2H3. The molecular formula is C9H8ClNO. The van der Waals surface area contributed by atoms with Crippen LogP contribution in [0.15, 0.2) is 24.8 Å². The van der Waals surface area contributed by atoms with Gasteiger partial charge in [-0.25, -0.2) is 4.98 Å². The number of rotatable bonds is 2. The average molecular weight is 182 g/mol. The first-order valence-electron chi connectivity index (χ1n) is 3.44. The van der Waals surface area contributed by atoms with Crippen LogP contribution in [0.3, 0.4) is 0 Å². The van der Waals surface area contributed by atoms with Gasteiger partial charge in [0.25, 0.3) is 0 Å². The molecule has 2 nitrogen and oxygen atoms in total. The Kier molecular flexibility index (Phi) is 2.61. The molecule has 0 saturated carbocycles. The second kappa shape index (κ2) is 3.50. The molecule has 0 aliphatic rings. The summed E-state index contributed by atoms with van der Waals surface area (Å²) in [5, 5.41) is 0.334. The molecule has 0 aliphatic carbocycles. The molecule has 0 bridgehead atoms. The molecule has 0 spiro atoms. The molecular weight excluding hydrogens is 174 g/mol. The third kappa shape index (κ3) is 1.92. The largest absolute Gasteiger partial charge is 0.289 e. The van der Waals surface area contributed by atoms with Gasteiger partial charge < -0.3 is 0 Å². The zero-order valence-corrected chi connectivity index (χ0v) is 7.43. The van der Waals surface area contributed by atoms with E-state index in [0.29, 0.717) is 10.7 Å². The van der Waals surface area contributed by atoms with E-state index in [1.165, 1.54) is 12.1 Å². The molecule has 0 atom stereocenters. The molecule has 62 valence electrons. The third-order valence-corrected chi connectivity index (χ3v) is 1.59. The molecule has 0 amide bonds. The molecule has 1 rings (SSSR count). The van der Waals surface area contributed by atoms with Crippen molar-refractivity contribution in [3.8, 4) is 0 Å². The number of carbonyl (C=O) groups excluding carboxylic acids is 1. The van der Waals surface area contributed by atoms with E-state index in [9.17, 15) is 4.79 Å². The van der Waals surface area contributed by atoms with E-state index in [-0.39, 0.29) is 5.78 Å². The zero-order valence-electron chi connectivity index (χ0n) is 6.67. The number of carbonyl (C=O) groups is 1. The van der Waals surface area contributed by atoms with Crippen molar-refractivity contribution in [2.24, 2.45) is 0 Å². The predicted molar refractivity (Wildman–Crippen MR) is 48.5 cm³/mol. The predicted octanol–water partition coefficient (Wildman–Crippen LogP) is 2.41. The molecule has 0 radical (unpaired) electrons. The number of nitrogens with zero attached hydrogens (tertiary/aromatic N) is 1. The number of halogens is 1. The van der Waals surface area contributed by atoms with Crippen molar-refractivity contribution in [1.29, 1.82) is 0 Å². The molecule has 0 fully saturated rings. The molecule has 1 aromatic heterocycles. The SMILES string of the molecule is C=CC(=O)c1cc(C)nc(Cl)c1. The molecule has 1 aromatic rings. The Morgan fingerprint density at radius 3 is 2.83 bits per heavy atom. The van der Waals surface area contributed by atoms with E-state index >= 15 is 0 Å². The number of pyridine rings is 1.